The molecule has 0 saturated carbocycles. The van der Waals surface area contributed by atoms with E-state index >= 15 is 0 Å². The van der Waals surface area contributed by atoms with Gasteiger partial charge in [-0.05, 0) is 13.0 Å². The Labute approximate surface area is 97.1 Å². The van der Waals surface area contributed by atoms with E-state index in [1.54, 1.807) is 0 Å². The fourth-order valence-corrected chi connectivity index (χ4v) is 0.852. The Kier molecular flexibility index (Phi) is 6.89. The molecule has 0 aromatic carbocycles. The van der Waals surface area contributed by atoms with E-state index in [2.05, 4.69) is 10.1 Å². The molecule has 0 aliphatic heterocycles. The van der Waals surface area contributed by atoms with Crippen LogP contribution in [0.3, 0.4) is 0 Å². The van der Waals surface area contributed by atoms with Gasteiger partial charge < -0.3 is 15.6 Å². The summed E-state index contributed by atoms with van der Waals surface area (Å²) in [5, 5.41) is 3.56. The van der Waals surface area contributed by atoms with Crippen LogP contribution in [0.15, 0.2) is 20.8 Å². The predicted molar refractivity (Wildman–Crippen MR) is 62.1 cm³/mol. The number of nitrogens with one attached hydrogen (secondary N) is 2. The number of aromatic nitrogens is 2. The molecule has 4 N–H and O–H groups in total. The number of oxime groups is 1. The molecule has 0 saturated heterocycles. The number of nitrogens with two attached hydrogens (primary N) is 1. The van der Waals surface area contributed by atoms with Crippen molar-refractivity contribution < 1.29 is 4.84 Å². The summed E-state index contributed by atoms with van der Waals surface area (Å²) in [6.45, 7) is 0.928. The third-order valence-corrected chi connectivity index (χ3v) is 1.49. The molecule has 0 aliphatic carbocycles. The van der Waals surface area contributed by atoms with Gasteiger partial charge in [0.05, 0.1) is 11.9 Å². The molecule has 90 valence electrons. The maximum atomic E-state index is 10.9. The van der Waals surface area contributed by atoms with Gasteiger partial charge in [-0.1, -0.05) is 5.16 Å². The van der Waals surface area contributed by atoms with Crippen molar-refractivity contribution in [2.75, 3.05) is 13.2 Å². The van der Waals surface area contributed by atoms with Crippen molar-refractivity contribution in [3.05, 3.63) is 32.6 Å². The Bertz CT molecular complexity index is 411. The summed E-state index contributed by atoms with van der Waals surface area (Å²) < 4.78 is 0. The maximum Gasteiger partial charge on any atom is 0.326 e. The van der Waals surface area contributed by atoms with Gasteiger partial charge >= 0.3 is 5.69 Å². The van der Waals surface area contributed by atoms with Crippen LogP contribution in [0.25, 0.3) is 0 Å². The largest absolute Gasteiger partial charge is 0.396 e. The fourth-order valence-electron chi connectivity index (χ4n) is 0.852. The van der Waals surface area contributed by atoms with E-state index in [0.29, 0.717) is 19.6 Å². The van der Waals surface area contributed by atoms with Gasteiger partial charge in [0, 0.05) is 6.07 Å². The smallest absolute Gasteiger partial charge is 0.326 e. The van der Waals surface area contributed by atoms with Crippen LogP contribution >= 0.6 is 12.4 Å². The molecule has 0 fully saturated rings. The number of rotatable bonds is 5. The Hall–Kier alpha value is -1.60. The number of H-pyrrole nitrogens is 2. The van der Waals surface area contributed by atoms with Crippen molar-refractivity contribution in [2.24, 2.45) is 10.9 Å². The summed E-state index contributed by atoms with van der Waals surface area (Å²) in [5.41, 5.74) is 4.46. The minimum atomic E-state index is -0.578. The lowest BCUT2D eigenvalue weighted by atomic mass is 10.4. The maximum absolute atomic E-state index is 10.9. The first-order valence-corrected chi connectivity index (χ1v) is 4.41. The Balaban J connectivity index is 0.00000225. The predicted octanol–water partition coefficient (Wildman–Crippen LogP) is -0.816. The van der Waals surface area contributed by atoms with Crippen molar-refractivity contribution in [3.8, 4) is 0 Å². The number of nitrogens with zero attached hydrogens (tertiary/aromatic N) is 1. The fraction of sp³-hybridized carbons (Fsp3) is 0.375. The molecule has 8 heteroatoms. The third-order valence-electron chi connectivity index (χ3n) is 1.49. The molecule has 1 heterocycles. The lowest BCUT2D eigenvalue weighted by molar-refractivity contribution is 0.145. The first-order chi connectivity index (χ1) is 7.22. The van der Waals surface area contributed by atoms with Gasteiger partial charge in [0.1, 0.15) is 6.61 Å². The van der Waals surface area contributed by atoms with Crippen LogP contribution in [-0.2, 0) is 4.84 Å². The molecular weight excluding hydrogens is 236 g/mol. The lowest BCUT2D eigenvalue weighted by Crippen LogP contribution is -2.22. The molecule has 7 nitrogen and oxygen atoms in total. The van der Waals surface area contributed by atoms with Crippen molar-refractivity contribution >= 4 is 18.6 Å². The van der Waals surface area contributed by atoms with Crippen LogP contribution in [0.2, 0.25) is 0 Å². The minimum Gasteiger partial charge on any atom is -0.396 e. The number of aromatic amines is 2. The van der Waals surface area contributed by atoms with E-state index in [1.165, 1.54) is 12.3 Å². The third kappa shape index (κ3) is 5.32. The van der Waals surface area contributed by atoms with Gasteiger partial charge in [-0.3, -0.25) is 9.78 Å². The van der Waals surface area contributed by atoms with Crippen LogP contribution in [0, 0.1) is 0 Å². The van der Waals surface area contributed by atoms with Gasteiger partial charge in [0.25, 0.3) is 5.56 Å². The molecule has 1 aromatic rings. The summed E-state index contributed by atoms with van der Waals surface area (Å²) >= 11 is 0. The second-order valence-corrected chi connectivity index (χ2v) is 2.75. The minimum absolute atomic E-state index is 0. The van der Waals surface area contributed by atoms with E-state index in [1.807, 2.05) is 4.98 Å². The molecule has 0 spiro atoms. The summed E-state index contributed by atoms with van der Waals surface area (Å²) in [4.78, 5) is 30.9. The van der Waals surface area contributed by atoms with Crippen molar-refractivity contribution in [3.63, 3.8) is 0 Å². The molecule has 0 atom stereocenters. The first kappa shape index (κ1) is 14.4. The van der Waals surface area contributed by atoms with Crippen molar-refractivity contribution in [2.45, 2.75) is 6.42 Å². The molecule has 0 amide bonds. The zero-order valence-corrected chi connectivity index (χ0v) is 9.25. The van der Waals surface area contributed by atoms with Crippen LogP contribution in [-0.4, -0.2) is 29.3 Å². The SMILES string of the molecule is Cl.NCCCO/N=C/c1cc(=O)[nH]c(=O)[nH]1. The molecular formula is C8H13ClN4O3. The molecule has 16 heavy (non-hydrogen) atoms. The summed E-state index contributed by atoms with van der Waals surface area (Å²) in [5.74, 6) is 0. The average molecular weight is 249 g/mol. The molecule has 0 bridgehead atoms. The van der Waals surface area contributed by atoms with E-state index in [-0.39, 0.29) is 18.1 Å². The molecule has 1 rings (SSSR count). The highest BCUT2D eigenvalue weighted by Crippen LogP contribution is 1.83. The lowest BCUT2D eigenvalue weighted by Gasteiger charge is -1.95. The standard InChI is InChI=1S/C8H12N4O3.ClH/c9-2-1-3-15-10-5-6-4-7(13)12-8(14)11-6;/h4-5H,1-3,9H2,(H2,11,12,13,14);1H/b10-5+;. The van der Waals surface area contributed by atoms with Gasteiger partial charge in [0.2, 0.25) is 0 Å². The summed E-state index contributed by atoms with van der Waals surface area (Å²) in [6.07, 6.45) is 1.95. The molecule has 1 aromatic heterocycles. The number of halogens is 1. The topological polar surface area (TPSA) is 113 Å². The highest BCUT2D eigenvalue weighted by Gasteiger charge is 1.92. The highest BCUT2D eigenvalue weighted by molar-refractivity contribution is 5.85. The van der Waals surface area contributed by atoms with Gasteiger partial charge in [-0.25, -0.2) is 4.79 Å². The number of hydrogen-bond acceptors (Lipinski definition) is 5. The van der Waals surface area contributed by atoms with Crippen LogP contribution in [0.4, 0.5) is 0 Å². The highest BCUT2D eigenvalue weighted by atomic mass is 35.5. The Morgan fingerprint density at radius 3 is 2.81 bits per heavy atom. The summed E-state index contributed by atoms with van der Waals surface area (Å²) in [6, 6.07) is 1.21. The van der Waals surface area contributed by atoms with Crippen LogP contribution in [0.5, 0.6) is 0 Å². The van der Waals surface area contributed by atoms with Crippen LogP contribution in [0.1, 0.15) is 12.1 Å². The second-order valence-electron chi connectivity index (χ2n) is 2.75. The van der Waals surface area contributed by atoms with E-state index in [4.69, 9.17) is 10.6 Å². The normalized spacial score (nSPS) is 10.1. The van der Waals surface area contributed by atoms with Crippen molar-refractivity contribution in [1.29, 1.82) is 0 Å². The Morgan fingerprint density at radius 1 is 1.44 bits per heavy atom. The Morgan fingerprint density at radius 2 is 2.19 bits per heavy atom. The molecule has 0 aliphatic rings. The monoisotopic (exact) mass is 248 g/mol. The number of hydrogen-bond donors (Lipinski definition) is 3. The van der Waals surface area contributed by atoms with Crippen molar-refractivity contribution in [1.82, 2.24) is 9.97 Å². The van der Waals surface area contributed by atoms with E-state index < -0.39 is 11.2 Å². The zero-order valence-electron chi connectivity index (χ0n) is 8.43. The quantitative estimate of drug-likeness (QED) is 0.359. The van der Waals surface area contributed by atoms with Gasteiger partial charge in [-0.2, -0.15) is 0 Å². The van der Waals surface area contributed by atoms with E-state index in [0.717, 1.165) is 0 Å². The molecule has 0 radical (unpaired) electrons. The summed E-state index contributed by atoms with van der Waals surface area (Å²) in [7, 11) is 0. The average Bonchev–Trinajstić information content (AvgIpc) is 2.16. The van der Waals surface area contributed by atoms with Gasteiger partial charge in [-0.15, -0.1) is 12.4 Å². The molecule has 0 unspecified atom stereocenters. The zero-order chi connectivity index (χ0) is 11.1. The van der Waals surface area contributed by atoms with Gasteiger partial charge in [0.15, 0.2) is 0 Å². The van der Waals surface area contributed by atoms with Crippen LogP contribution < -0.4 is 17.0 Å². The first-order valence-electron chi connectivity index (χ1n) is 4.41. The van der Waals surface area contributed by atoms with E-state index in [9.17, 15) is 9.59 Å². The second kappa shape index (κ2) is 7.66.